The van der Waals surface area contributed by atoms with E-state index in [1.54, 1.807) is 0 Å². The lowest BCUT2D eigenvalue weighted by molar-refractivity contribution is 0.0151. The lowest BCUT2D eigenvalue weighted by Crippen LogP contribution is -2.11. The molecular weight excluding hydrogens is 230 g/mol. The maximum atomic E-state index is 13.4. The van der Waals surface area contributed by atoms with Crippen LogP contribution in [-0.2, 0) is 12.5 Å². The fourth-order valence-electron chi connectivity index (χ4n) is 1.79. The summed E-state index contributed by atoms with van der Waals surface area (Å²) in [4.78, 5) is 0. The van der Waals surface area contributed by atoms with Gasteiger partial charge >= 0.3 is 0 Å². The first-order valence-electron chi connectivity index (χ1n) is 5.44. The van der Waals surface area contributed by atoms with Gasteiger partial charge in [0.15, 0.2) is 11.5 Å². The third-order valence-corrected chi connectivity index (χ3v) is 2.62. The molecular formula is C12H14F2O3. The van der Waals surface area contributed by atoms with Gasteiger partial charge in [0, 0.05) is 18.9 Å². The van der Waals surface area contributed by atoms with Crippen LogP contribution >= 0.6 is 0 Å². The zero-order valence-corrected chi connectivity index (χ0v) is 9.50. The second-order valence-corrected chi connectivity index (χ2v) is 4.05. The van der Waals surface area contributed by atoms with E-state index >= 15 is 0 Å². The number of ether oxygens (including phenoxy) is 2. The molecule has 1 aromatic carbocycles. The van der Waals surface area contributed by atoms with Gasteiger partial charge in [-0.15, -0.1) is 0 Å². The van der Waals surface area contributed by atoms with Crippen molar-refractivity contribution in [2.45, 2.75) is 25.9 Å². The summed E-state index contributed by atoms with van der Waals surface area (Å²) in [6.07, 6.45) is 0.709. The first-order valence-corrected chi connectivity index (χ1v) is 5.44. The van der Waals surface area contributed by atoms with Crippen LogP contribution in [0, 0.1) is 0 Å². The van der Waals surface area contributed by atoms with E-state index in [1.165, 1.54) is 12.1 Å². The highest BCUT2D eigenvalue weighted by Crippen LogP contribution is 2.39. The van der Waals surface area contributed by atoms with Crippen molar-refractivity contribution in [2.24, 2.45) is 0 Å². The molecule has 3 nitrogen and oxygen atoms in total. The second-order valence-electron chi connectivity index (χ2n) is 4.05. The predicted molar refractivity (Wildman–Crippen MR) is 57.5 cm³/mol. The van der Waals surface area contributed by atoms with E-state index in [-0.39, 0.29) is 11.1 Å². The van der Waals surface area contributed by atoms with Crippen molar-refractivity contribution in [1.82, 2.24) is 0 Å². The van der Waals surface area contributed by atoms with Crippen LogP contribution in [0.25, 0.3) is 0 Å². The summed E-state index contributed by atoms with van der Waals surface area (Å²) in [5, 5.41) is 9.12. The van der Waals surface area contributed by atoms with Crippen molar-refractivity contribution in [3.8, 4) is 11.5 Å². The van der Waals surface area contributed by atoms with Gasteiger partial charge in [-0.05, 0) is 17.7 Å². The summed E-state index contributed by atoms with van der Waals surface area (Å²) in [6, 6.07) is 2.68. The van der Waals surface area contributed by atoms with Crippen molar-refractivity contribution in [3.63, 3.8) is 0 Å². The number of alkyl halides is 2. The van der Waals surface area contributed by atoms with Crippen LogP contribution in [0.3, 0.4) is 0 Å². The minimum absolute atomic E-state index is 0.168. The minimum atomic E-state index is -3.01. The summed E-state index contributed by atoms with van der Waals surface area (Å²) in [5.41, 5.74) is -0.0500. The molecule has 0 atom stereocenters. The molecule has 1 N–H and O–H groups in total. The Morgan fingerprint density at radius 3 is 2.35 bits per heavy atom. The number of rotatable bonds is 2. The molecule has 0 spiro atoms. The Bertz CT molecular complexity index is 413. The van der Waals surface area contributed by atoms with Crippen LogP contribution in [0.1, 0.15) is 24.5 Å². The number of hydrogen-bond acceptors (Lipinski definition) is 3. The highest BCUT2D eigenvalue weighted by atomic mass is 19.3. The maximum Gasteiger partial charge on any atom is 0.271 e. The van der Waals surface area contributed by atoms with Gasteiger partial charge in [0.2, 0.25) is 0 Å². The molecule has 0 aromatic heterocycles. The molecule has 2 rings (SSSR count). The number of fused-ring (bicyclic) bond motifs is 1. The molecule has 0 radical (unpaired) electrons. The average Bonchev–Trinajstić information content (AvgIpc) is 2.50. The minimum Gasteiger partial charge on any atom is -0.490 e. The molecule has 94 valence electrons. The standard InChI is InChI=1S/C12H14F2O3/c1-12(13,14)9-6-11-10(5-8(9)7-15)16-3-2-4-17-11/h5-6,15H,2-4,7H2,1H3. The van der Waals surface area contributed by atoms with E-state index in [1.807, 2.05) is 0 Å². The van der Waals surface area contributed by atoms with Crippen LogP contribution in [-0.4, -0.2) is 18.3 Å². The molecule has 0 saturated carbocycles. The highest BCUT2D eigenvalue weighted by Gasteiger charge is 2.29. The topological polar surface area (TPSA) is 38.7 Å². The molecule has 17 heavy (non-hydrogen) atoms. The smallest absolute Gasteiger partial charge is 0.271 e. The molecule has 1 aliphatic heterocycles. The van der Waals surface area contributed by atoms with Gasteiger partial charge in [0.05, 0.1) is 19.8 Å². The third-order valence-electron chi connectivity index (χ3n) is 2.62. The lowest BCUT2D eigenvalue weighted by atomic mass is 10.0. The van der Waals surface area contributed by atoms with Gasteiger partial charge in [0.25, 0.3) is 5.92 Å². The Labute approximate surface area is 98.0 Å². The number of aliphatic hydroxyl groups is 1. The predicted octanol–water partition coefficient (Wildman–Crippen LogP) is 2.45. The molecule has 0 fully saturated rings. The fraction of sp³-hybridized carbons (Fsp3) is 0.500. The Kier molecular flexibility index (Phi) is 3.19. The fourth-order valence-corrected chi connectivity index (χ4v) is 1.79. The number of aliphatic hydroxyl groups excluding tert-OH is 1. The Hall–Kier alpha value is -1.36. The van der Waals surface area contributed by atoms with E-state index in [2.05, 4.69) is 0 Å². The summed E-state index contributed by atoms with van der Waals surface area (Å²) >= 11 is 0. The second kappa shape index (κ2) is 4.49. The first-order chi connectivity index (χ1) is 8.02. The SMILES string of the molecule is CC(F)(F)c1cc2c(cc1CO)OCCCO2. The summed E-state index contributed by atoms with van der Waals surface area (Å²) < 4.78 is 37.5. The van der Waals surface area contributed by atoms with Crippen molar-refractivity contribution in [1.29, 1.82) is 0 Å². The normalized spacial score (nSPS) is 15.5. The summed E-state index contributed by atoms with van der Waals surface area (Å²) in [6.45, 7) is 1.28. The van der Waals surface area contributed by atoms with Gasteiger partial charge < -0.3 is 14.6 Å². The van der Waals surface area contributed by atoms with Crippen molar-refractivity contribution in [3.05, 3.63) is 23.3 Å². The maximum absolute atomic E-state index is 13.4. The van der Waals surface area contributed by atoms with E-state index in [4.69, 9.17) is 14.6 Å². The molecule has 0 aliphatic carbocycles. The van der Waals surface area contributed by atoms with E-state index in [9.17, 15) is 8.78 Å². The average molecular weight is 244 g/mol. The molecule has 0 unspecified atom stereocenters. The van der Waals surface area contributed by atoms with Gasteiger partial charge in [-0.2, -0.15) is 0 Å². The van der Waals surface area contributed by atoms with Crippen molar-refractivity contribution in [2.75, 3.05) is 13.2 Å². The number of benzene rings is 1. The van der Waals surface area contributed by atoms with Gasteiger partial charge in [-0.1, -0.05) is 0 Å². The van der Waals surface area contributed by atoms with Crippen LogP contribution in [0.2, 0.25) is 0 Å². The van der Waals surface area contributed by atoms with E-state index < -0.39 is 12.5 Å². The number of halogens is 2. The van der Waals surface area contributed by atoms with Gasteiger partial charge in [-0.25, -0.2) is 8.78 Å². The summed E-state index contributed by atoms with van der Waals surface area (Å²) in [5.74, 6) is -2.28. The molecule has 0 saturated heterocycles. The molecule has 1 aliphatic rings. The lowest BCUT2D eigenvalue weighted by Gasteiger charge is -2.17. The Morgan fingerprint density at radius 2 is 1.82 bits per heavy atom. The molecule has 0 amide bonds. The first kappa shape index (κ1) is 12.1. The van der Waals surface area contributed by atoms with Crippen LogP contribution < -0.4 is 9.47 Å². The zero-order chi connectivity index (χ0) is 12.5. The van der Waals surface area contributed by atoms with Gasteiger partial charge in [-0.3, -0.25) is 0 Å². The molecule has 0 bridgehead atoms. The van der Waals surface area contributed by atoms with E-state index in [0.29, 0.717) is 31.1 Å². The largest absolute Gasteiger partial charge is 0.490 e. The van der Waals surface area contributed by atoms with E-state index in [0.717, 1.165) is 6.92 Å². The Balaban J connectivity index is 2.50. The van der Waals surface area contributed by atoms with Crippen molar-refractivity contribution < 1.29 is 23.4 Å². The Morgan fingerprint density at radius 1 is 1.24 bits per heavy atom. The van der Waals surface area contributed by atoms with Crippen LogP contribution in [0.15, 0.2) is 12.1 Å². The molecule has 1 aromatic rings. The van der Waals surface area contributed by atoms with Crippen LogP contribution in [0.4, 0.5) is 8.78 Å². The zero-order valence-electron chi connectivity index (χ0n) is 9.50. The highest BCUT2D eigenvalue weighted by molar-refractivity contribution is 5.49. The number of hydrogen-bond donors (Lipinski definition) is 1. The van der Waals surface area contributed by atoms with Crippen molar-refractivity contribution >= 4 is 0 Å². The molecule has 1 heterocycles. The van der Waals surface area contributed by atoms with Gasteiger partial charge in [0.1, 0.15) is 0 Å². The monoisotopic (exact) mass is 244 g/mol. The third kappa shape index (κ3) is 2.49. The van der Waals surface area contributed by atoms with Crippen LogP contribution in [0.5, 0.6) is 11.5 Å². The molecule has 5 heteroatoms. The quantitative estimate of drug-likeness (QED) is 0.868. The summed E-state index contributed by atoms with van der Waals surface area (Å²) in [7, 11) is 0.